The maximum Gasteiger partial charge on any atom is 0.241 e. The van der Waals surface area contributed by atoms with Crippen molar-refractivity contribution in [2.45, 2.75) is 17.7 Å². The lowest BCUT2D eigenvalue weighted by Gasteiger charge is -2.16. The number of ether oxygens (including phenoxy) is 1. The van der Waals surface area contributed by atoms with Gasteiger partial charge in [-0.25, -0.2) is 17.9 Å². The quantitative estimate of drug-likeness (QED) is 0.496. The highest BCUT2D eigenvalue weighted by Crippen LogP contribution is 2.33. The van der Waals surface area contributed by atoms with E-state index < -0.39 is 27.7 Å². The van der Waals surface area contributed by atoms with Gasteiger partial charge < -0.3 is 10.1 Å². The van der Waals surface area contributed by atoms with Crippen molar-refractivity contribution in [2.75, 3.05) is 5.32 Å². The van der Waals surface area contributed by atoms with Crippen molar-refractivity contribution in [3.8, 4) is 11.5 Å². The number of benzene rings is 3. The van der Waals surface area contributed by atoms with E-state index >= 15 is 0 Å². The van der Waals surface area contributed by atoms with E-state index in [9.17, 15) is 17.6 Å². The molecule has 1 amide bonds. The number of amides is 1. The number of carbonyl (C=O) groups is 1. The molecule has 1 unspecified atom stereocenters. The van der Waals surface area contributed by atoms with Gasteiger partial charge in [0.1, 0.15) is 22.2 Å². The van der Waals surface area contributed by atoms with Crippen LogP contribution in [-0.2, 0) is 14.8 Å². The highest BCUT2D eigenvalue weighted by Gasteiger charge is 2.23. The molecule has 0 aliphatic carbocycles. The highest BCUT2D eigenvalue weighted by atomic mass is 35.5. The summed E-state index contributed by atoms with van der Waals surface area (Å²) in [6, 6.07) is 14.4. The number of halogens is 3. The van der Waals surface area contributed by atoms with E-state index in [4.69, 9.17) is 33.1 Å². The van der Waals surface area contributed by atoms with Crippen molar-refractivity contribution in [2.24, 2.45) is 5.14 Å². The van der Waals surface area contributed by atoms with E-state index in [0.29, 0.717) is 10.8 Å². The molecule has 3 aromatic rings. The van der Waals surface area contributed by atoms with Crippen molar-refractivity contribution in [3.05, 3.63) is 82.1 Å². The number of anilines is 1. The normalized spacial score (nSPS) is 12.3. The second kappa shape index (κ2) is 9.23. The zero-order valence-corrected chi connectivity index (χ0v) is 18.4. The Hall–Kier alpha value is -2.65. The molecule has 0 fully saturated rings. The summed E-state index contributed by atoms with van der Waals surface area (Å²) in [4.78, 5) is 12.3. The van der Waals surface area contributed by atoms with E-state index in [-0.39, 0.29) is 26.9 Å². The molecule has 3 N–H and O–H groups in total. The molecule has 6 nitrogen and oxygen atoms in total. The molecule has 3 rings (SSSR count). The molecule has 0 bridgehead atoms. The first-order valence-corrected chi connectivity index (χ1v) is 11.2. The van der Waals surface area contributed by atoms with Gasteiger partial charge in [0.15, 0.2) is 0 Å². The number of carbonyl (C=O) groups excluding carboxylic acids is 1. The Bertz CT molecular complexity index is 1230. The second-order valence-electron chi connectivity index (χ2n) is 6.61. The van der Waals surface area contributed by atoms with Gasteiger partial charge >= 0.3 is 0 Å². The van der Waals surface area contributed by atoms with Gasteiger partial charge in [0.2, 0.25) is 15.9 Å². The maximum atomic E-state index is 14.1. The lowest BCUT2D eigenvalue weighted by Crippen LogP contribution is -2.21. The van der Waals surface area contributed by atoms with Gasteiger partial charge in [-0.2, -0.15) is 0 Å². The molecule has 0 saturated carbocycles. The molecule has 1 atom stereocenters. The smallest absolute Gasteiger partial charge is 0.241 e. The number of sulfonamides is 1. The van der Waals surface area contributed by atoms with E-state index in [1.807, 2.05) is 0 Å². The molecular formula is C21H17Cl2FN2O4S. The van der Waals surface area contributed by atoms with Gasteiger partial charge in [-0.05, 0) is 55.5 Å². The molecule has 0 aliphatic heterocycles. The zero-order chi connectivity index (χ0) is 22.8. The number of hydrogen-bond acceptors (Lipinski definition) is 4. The van der Waals surface area contributed by atoms with E-state index in [1.165, 1.54) is 43.3 Å². The molecule has 162 valence electrons. The van der Waals surface area contributed by atoms with Gasteiger partial charge in [-0.15, -0.1) is 0 Å². The molecule has 10 heteroatoms. The maximum absolute atomic E-state index is 14.1. The van der Waals surface area contributed by atoms with E-state index in [0.717, 1.165) is 6.07 Å². The fourth-order valence-electron chi connectivity index (χ4n) is 2.86. The van der Waals surface area contributed by atoms with Crippen LogP contribution in [0.3, 0.4) is 0 Å². The van der Waals surface area contributed by atoms with E-state index in [1.54, 1.807) is 18.2 Å². The second-order valence-corrected chi connectivity index (χ2v) is 8.99. The minimum Gasteiger partial charge on any atom is -0.456 e. The number of hydrogen-bond donors (Lipinski definition) is 2. The first-order valence-electron chi connectivity index (χ1n) is 8.91. The molecule has 3 aromatic carbocycles. The highest BCUT2D eigenvalue weighted by molar-refractivity contribution is 7.89. The van der Waals surface area contributed by atoms with Crippen molar-refractivity contribution in [1.29, 1.82) is 0 Å². The third-order valence-corrected chi connectivity index (χ3v) is 5.86. The van der Waals surface area contributed by atoms with Gasteiger partial charge in [0.25, 0.3) is 0 Å². The van der Waals surface area contributed by atoms with Gasteiger partial charge in [0, 0.05) is 21.3 Å². The molecule has 0 spiro atoms. The zero-order valence-electron chi connectivity index (χ0n) is 16.1. The van der Waals surface area contributed by atoms with Crippen LogP contribution >= 0.6 is 23.2 Å². The fourth-order valence-corrected chi connectivity index (χ4v) is 4.04. The number of rotatable bonds is 6. The van der Waals surface area contributed by atoms with Crippen LogP contribution < -0.4 is 15.2 Å². The largest absolute Gasteiger partial charge is 0.456 e. The Balaban J connectivity index is 1.89. The number of nitrogens with two attached hydrogens (primary N) is 1. The lowest BCUT2D eigenvalue weighted by atomic mass is 9.99. The fraction of sp³-hybridized carbons (Fsp3) is 0.0952. The molecule has 0 aromatic heterocycles. The standard InChI is InChI=1S/C21H17Cl2FN2O4S/c1-12(20-16(23)6-3-7-17(20)24)21(27)26-14-8-9-18(19(11-14)31(25,28)29)30-15-5-2-4-13(22)10-15/h2-12H,1H3,(H,26,27)(H2,25,28,29). The molecule has 31 heavy (non-hydrogen) atoms. The summed E-state index contributed by atoms with van der Waals surface area (Å²) < 4.78 is 43.9. The third-order valence-electron chi connectivity index (χ3n) is 4.37. The molecule has 0 saturated heterocycles. The minimum atomic E-state index is -4.20. The molecule has 0 aliphatic rings. The number of primary sulfonamides is 1. The van der Waals surface area contributed by atoms with Gasteiger partial charge in [-0.1, -0.05) is 35.3 Å². The third kappa shape index (κ3) is 5.54. The average Bonchev–Trinajstić information content (AvgIpc) is 2.68. The Labute approximate surface area is 188 Å². The summed E-state index contributed by atoms with van der Waals surface area (Å²) in [5, 5.41) is 8.38. The average molecular weight is 483 g/mol. The SMILES string of the molecule is CC(C(=O)Nc1ccc(Oc2cccc(Cl)c2)c(S(N)(=O)=O)c1)c1c(F)cccc1Cl. The Morgan fingerprint density at radius 3 is 2.45 bits per heavy atom. The first-order chi connectivity index (χ1) is 14.6. The summed E-state index contributed by atoms with van der Waals surface area (Å²) in [5.41, 5.74) is 0.168. The Kier molecular flexibility index (Phi) is 6.86. The van der Waals surface area contributed by atoms with Crippen LogP contribution in [0.25, 0.3) is 0 Å². The first kappa shape index (κ1) is 23.0. The molecular weight excluding hydrogens is 466 g/mol. The van der Waals surface area contributed by atoms with E-state index in [2.05, 4.69) is 5.32 Å². The van der Waals surface area contributed by atoms with Crippen molar-refractivity contribution in [1.82, 2.24) is 0 Å². The lowest BCUT2D eigenvalue weighted by molar-refractivity contribution is -0.117. The minimum absolute atomic E-state index is 0.0363. The summed E-state index contributed by atoms with van der Waals surface area (Å²) in [7, 11) is -4.20. The van der Waals surface area contributed by atoms with Crippen LogP contribution in [0.4, 0.5) is 10.1 Å². The van der Waals surface area contributed by atoms with Crippen molar-refractivity contribution >= 4 is 44.8 Å². The number of nitrogens with one attached hydrogen (secondary N) is 1. The summed E-state index contributed by atoms with van der Waals surface area (Å²) in [6.07, 6.45) is 0. The van der Waals surface area contributed by atoms with Crippen LogP contribution in [0.2, 0.25) is 10.0 Å². The molecule has 0 radical (unpaired) electrons. The molecule has 0 heterocycles. The van der Waals surface area contributed by atoms with Gasteiger partial charge in [-0.3, -0.25) is 4.79 Å². The van der Waals surface area contributed by atoms with Crippen LogP contribution in [-0.4, -0.2) is 14.3 Å². The Morgan fingerprint density at radius 2 is 1.81 bits per heavy atom. The summed E-state index contributed by atoms with van der Waals surface area (Å²) >= 11 is 11.9. The van der Waals surface area contributed by atoms with Crippen molar-refractivity contribution < 1.29 is 22.3 Å². The van der Waals surface area contributed by atoms with Crippen LogP contribution in [0, 0.1) is 5.82 Å². The van der Waals surface area contributed by atoms with Crippen LogP contribution in [0.1, 0.15) is 18.4 Å². The predicted octanol–water partition coefficient (Wildman–Crippen LogP) is 5.31. The topological polar surface area (TPSA) is 98.5 Å². The summed E-state index contributed by atoms with van der Waals surface area (Å²) in [6.45, 7) is 1.48. The Morgan fingerprint density at radius 1 is 1.10 bits per heavy atom. The van der Waals surface area contributed by atoms with Crippen LogP contribution in [0.5, 0.6) is 11.5 Å². The van der Waals surface area contributed by atoms with Gasteiger partial charge in [0.05, 0.1) is 5.92 Å². The predicted molar refractivity (Wildman–Crippen MR) is 118 cm³/mol. The van der Waals surface area contributed by atoms with Crippen LogP contribution in [0.15, 0.2) is 65.6 Å². The summed E-state index contributed by atoms with van der Waals surface area (Å²) in [5.74, 6) is -1.89. The monoisotopic (exact) mass is 482 g/mol. The van der Waals surface area contributed by atoms with Crippen molar-refractivity contribution in [3.63, 3.8) is 0 Å².